The highest BCUT2D eigenvalue weighted by Gasteiger charge is 2.04. The third-order valence-corrected chi connectivity index (χ3v) is 2.67. The van der Waals surface area contributed by atoms with Crippen molar-refractivity contribution >= 4 is 0 Å². The fourth-order valence-electron chi connectivity index (χ4n) is 1.65. The molecule has 82 valence electrons. The van der Waals surface area contributed by atoms with Crippen LogP contribution in [0.3, 0.4) is 0 Å². The van der Waals surface area contributed by atoms with E-state index in [1.165, 1.54) is 17.5 Å². The summed E-state index contributed by atoms with van der Waals surface area (Å²) in [4.78, 5) is 0. The van der Waals surface area contributed by atoms with Crippen molar-refractivity contribution in [2.45, 2.75) is 40.0 Å². The second-order valence-electron chi connectivity index (χ2n) is 4.55. The highest BCUT2D eigenvalue weighted by molar-refractivity contribution is 5.27. The molecule has 0 heterocycles. The summed E-state index contributed by atoms with van der Waals surface area (Å²) in [6.45, 7) is 8.82. The van der Waals surface area contributed by atoms with Gasteiger partial charge in [-0.25, -0.2) is 0 Å². The van der Waals surface area contributed by atoms with Crippen LogP contribution in [0, 0.1) is 12.8 Å². The lowest BCUT2D eigenvalue weighted by Crippen LogP contribution is -1.94. The average molecular weight is 202 g/mol. The van der Waals surface area contributed by atoms with E-state index in [1.54, 1.807) is 0 Å². The molecule has 0 aliphatic heterocycles. The van der Waals surface area contributed by atoms with Crippen LogP contribution < -0.4 is 0 Å². The van der Waals surface area contributed by atoms with Gasteiger partial charge in [0.05, 0.1) is 0 Å². The van der Waals surface area contributed by atoms with Crippen molar-refractivity contribution < 1.29 is 0 Å². The van der Waals surface area contributed by atoms with E-state index >= 15 is 0 Å². The normalized spacial score (nSPS) is 13.7. The second-order valence-corrected chi connectivity index (χ2v) is 4.55. The van der Waals surface area contributed by atoms with E-state index in [0.717, 1.165) is 0 Å². The molecule has 0 N–H and O–H groups in total. The molecule has 1 aromatic rings. The molecule has 0 amide bonds. The maximum atomic E-state index is 2.34. The number of hydrogen-bond donors (Lipinski definition) is 0. The summed E-state index contributed by atoms with van der Waals surface area (Å²) >= 11 is 0. The maximum absolute atomic E-state index is 2.34. The van der Waals surface area contributed by atoms with Gasteiger partial charge in [-0.15, -0.1) is 0 Å². The van der Waals surface area contributed by atoms with Crippen molar-refractivity contribution in [2.75, 3.05) is 0 Å². The smallest absolute Gasteiger partial charge is 0.00154 e. The van der Waals surface area contributed by atoms with Crippen molar-refractivity contribution in [3.8, 4) is 0 Å². The third-order valence-electron chi connectivity index (χ3n) is 2.67. The summed E-state index contributed by atoms with van der Waals surface area (Å²) < 4.78 is 0. The molecule has 0 fully saturated rings. The van der Waals surface area contributed by atoms with Crippen molar-refractivity contribution in [1.82, 2.24) is 0 Å². The molecule has 0 aliphatic carbocycles. The van der Waals surface area contributed by atoms with Crippen LogP contribution in [0.15, 0.2) is 36.4 Å². The molecule has 0 bridgehead atoms. The topological polar surface area (TPSA) is 0 Å². The summed E-state index contributed by atoms with van der Waals surface area (Å²) in [5.41, 5.74) is 2.77. The first kappa shape index (κ1) is 12.0. The molecule has 15 heavy (non-hydrogen) atoms. The predicted molar refractivity (Wildman–Crippen MR) is 68.2 cm³/mol. The van der Waals surface area contributed by atoms with E-state index in [0.29, 0.717) is 11.8 Å². The van der Waals surface area contributed by atoms with Crippen LogP contribution in [0.2, 0.25) is 0 Å². The molecule has 1 atom stereocenters. The number of rotatable bonds is 4. The lowest BCUT2D eigenvalue weighted by molar-refractivity contribution is 0.772. The van der Waals surface area contributed by atoms with E-state index in [9.17, 15) is 0 Å². The van der Waals surface area contributed by atoms with Gasteiger partial charge in [-0.1, -0.05) is 62.8 Å². The first-order chi connectivity index (χ1) is 7.13. The van der Waals surface area contributed by atoms with Gasteiger partial charge >= 0.3 is 0 Å². The summed E-state index contributed by atoms with van der Waals surface area (Å²) in [7, 11) is 0. The predicted octanol–water partition coefficient (Wildman–Crippen LogP) is 4.70. The van der Waals surface area contributed by atoms with E-state index < -0.39 is 0 Å². The molecule has 0 saturated carbocycles. The zero-order valence-corrected chi connectivity index (χ0v) is 10.3. The second kappa shape index (κ2) is 5.75. The van der Waals surface area contributed by atoms with Gasteiger partial charge in [-0.05, 0) is 24.8 Å². The molecular formula is C15H22. The number of aryl methyl sites for hydroxylation is 1. The minimum absolute atomic E-state index is 0.577. The number of benzene rings is 1. The van der Waals surface area contributed by atoms with E-state index in [2.05, 4.69) is 64.1 Å². The minimum atomic E-state index is 0.577. The Morgan fingerprint density at radius 1 is 1.07 bits per heavy atom. The van der Waals surface area contributed by atoms with Gasteiger partial charge in [-0.3, -0.25) is 0 Å². The molecule has 0 spiro atoms. The Hall–Kier alpha value is -1.04. The van der Waals surface area contributed by atoms with Crippen LogP contribution in [-0.2, 0) is 0 Å². The highest BCUT2D eigenvalue weighted by Crippen LogP contribution is 2.21. The molecule has 0 aromatic heterocycles. The molecule has 0 radical (unpaired) electrons. The van der Waals surface area contributed by atoms with Crippen LogP contribution >= 0.6 is 0 Å². The fraction of sp³-hybridized carbons (Fsp3) is 0.467. The zero-order valence-electron chi connectivity index (χ0n) is 10.3. The van der Waals surface area contributed by atoms with Gasteiger partial charge in [0.15, 0.2) is 0 Å². The maximum Gasteiger partial charge on any atom is 0.00154 e. The third kappa shape index (κ3) is 3.91. The van der Waals surface area contributed by atoms with Gasteiger partial charge in [0.1, 0.15) is 0 Å². The molecule has 1 unspecified atom stereocenters. The van der Waals surface area contributed by atoms with Crippen LogP contribution in [0.25, 0.3) is 0 Å². The molecule has 1 rings (SSSR count). The van der Waals surface area contributed by atoms with Gasteiger partial charge in [0, 0.05) is 5.92 Å². The quantitative estimate of drug-likeness (QED) is 0.621. The van der Waals surface area contributed by atoms with Crippen LogP contribution in [-0.4, -0.2) is 0 Å². The van der Waals surface area contributed by atoms with Gasteiger partial charge in [0.25, 0.3) is 0 Å². The van der Waals surface area contributed by atoms with Gasteiger partial charge in [0.2, 0.25) is 0 Å². The van der Waals surface area contributed by atoms with Crippen molar-refractivity contribution in [1.29, 1.82) is 0 Å². The van der Waals surface area contributed by atoms with E-state index in [-0.39, 0.29) is 0 Å². The minimum Gasteiger partial charge on any atom is -0.0854 e. The molecule has 0 saturated heterocycles. The fourth-order valence-corrected chi connectivity index (χ4v) is 1.65. The average Bonchev–Trinajstić information content (AvgIpc) is 2.21. The SMILES string of the molecule is CCC(/C=C\C(C)C)c1ccc(C)cc1. The summed E-state index contributed by atoms with van der Waals surface area (Å²) in [5, 5.41) is 0. The molecular weight excluding hydrogens is 180 g/mol. The number of hydrogen-bond acceptors (Lipinski definition) is 0. The summed E-state index contributed by atoms with van der Waals surface area (Å²) in [5.74, 6) is 1.22. The lowest BCUT2D eigenvalue weighted by Gasteiger charge is -2.11. The lowest BCUT2D eigenvalue weighted by atomic mass is 9.94. The standard InChI is InChI=1S/C15H22/c1-5-14(9-6-12(2)3)15-10-7-13(4)8-11-15/h6-12,14H,5H2,1-4H3/b9-6-. The van der Waals surface area contributed by atoms with E-state index in [1.807, 2.05) is 0 Å². The molecule has 1 aromatic carbocycles. The summed E-state index contributed by atoms with van der Waals surface area (Å²) in [6.07, 6.45) is 5.82. The van der Waals surface area contributed by atoms with E-state index in [4.69, 9.17) is 0 Å². The Morgan fingerprint density at radius 3 is 2.13 bits per heavy atom. The van der Waals surface area contributed by atoms with Crippen molar-refractivity contribution in [3.63, 3.8) is 0 Å². The Labute approximate surface area is 94.0 Å². The molecule has 0 aliphatic rings. The first-order valence-corrected chi connectivity index (χ1v) is 5.88. The number of allylic oxidation sites excluding steroid dienone is 2. The largest absolute Gasteiger partial charge is 0.0854 e. The molecule has 0 heteroatoms. The zero-order chi connectivity index (χ0) is 11.3. The van der Waals surface area contributed by atoms with Gasteiger partial charge in [-0.2, -0.15) is 0 Å². The van der Waals surface area contributed by atoms with Crippen molar-refractivity contribution in [2.24, 2.45) is 5.92 Å². The van der Waals surface area contributed by atoms with Crippen LogP contribution in [0.1, 0.15) is 44.2 Å². The Bertz CT molecular complexity index is 303. The summed E-state index contributed by atoms with van der Waals surface area (Å²) in [6, 6.07) is 8.88. The highest BCUT2D eigenvalue weighted by atomic mass is 14.1. The van der Waals surface area contributed by atoms with Crippen LogP contribution in [0.5, 0.6) is 0 Å². The Morgan fingerprint density at radius 2 is 1.67 bits per heavy atom. The Balaban J connectivity index is 2.78. The van der Waals surface area contributed by atoms with Crippen molar-refractivity contribution in [3.05, 3.63) is 47.5 Å². The first-order valence-electron chi connectivity index (χ1n) is 5.88. The van der Waals surface area contributed by atoms with Gasteiger partial charge < -0.3 is 0 Å². The van der Waals surface area contributed by atoms with Crippen LogP contribution in [0.4, 0.5) is 0 Å². The Kier molecular flexibility index (Phi) is 4.61. The molecule has 0 nitrogen and oxygen atoms in total. The monoisotopic (exact) mass is 202 g/mol.